The third-order valence-electron chi connectivity index (χ3n) is 8.20. The van der Waals surface area contributed by atoms with Gasteiger partial charge in [-0.3, -0.25) is 9.69 Å². The van der Waals surface area contributed by atoms with Gasteiger partial charge < -0.3 is 30.1 Å². The Balaban J connectivity index is 0.000000291. The highest BCUT2D eigenvalue weighted by Crippen LogP contribution is 2.49. The molecule has 3 N–H and O–H groups in total. The summed E-state index contributed by atoms with van der Waals surface area (Å²) < 4.78 is 45.1. The number of esters is 1. The Morgan fingerprint density at radius 1 is 0.808 bits per heavy atom. The lowest BCUT2D eigenvalue weighted by Crippen LogP contribution is -2.47. The molecule has 52 heavy (non-hydrogen) atoms. The monoisotopic (exact) mass is 780 g/mol. The van der Waals surface area contributed by atoms with Gasteiger partial charge in [0.2, 0.25) is 5.91 Å². The number of amides is 1. The lowest BCUT2D eigenvalue weighted by atomic mass is 10.1. The van der Waals surface area contributed by atoms with Crippen molar-refractivity contribution in [3.05, 3.63) is 102 Å². The van der Waals surface area contributed by atoms with E-state index in [1.165, 1.54) is 43.0 Å². The predicted molar refractivity (Wildman–Crippen MR) is 202 cm³/mol. The van der Waals surface area contributed by atoms with Gasteiger partial charge in [-0.05, 0) is 79.7 Å². The molecule has 0 radical (unpaired) electrons. The number of benzene rings is 4. The number of aromatic hydroxyl groups is 1. The summed E-state index contributed by atoms with van der Waals surface area (Å²) in [5.74, 6) is -0.626. The van der Waals surface area contributed by atoms with Gasteiger partial charge in [0, 0.05) is 61.7 Å². The molecule has 1 fully saturated rings. The fourth-order valence-corrected chi connectivity index (χ4v) is 6.77. The van der Waals surface area contributed by atoms with Crippen molar-refractivity contribution in [2.45, 2.75) is 29.3 Å². The molecule has 4 aromatic carbocycles. The number of ether oxygens (including phenoxy) is 1. The topological polar surface area (TPSA) is 106 Å². The summed E-state index contributed by atoms with van der Waals surface area (Å²) in [6.45, 7) is 7.70. The molecule has 9 nitrogen and oxygen atoms in total. The zero-order valence-corrected chi connectivity index (χ0v) is 30.8. The molecule has 2 heterocycles. The van der Waals surface area contributed by atoms with Gasteiger partial charge >= 0.3 is 12.1 Å². The molecule has 6 rings (SSSR count). The summed E-state index contributed by atoms with van der Waals surface area (Å²) in [6.07, 6.45) is -3.48. The van der Waals surface area contributed by atoms with E-state index in [1.807, 2.05) is 29.2 Å². The number of rotatable bonds is 9. The molecule has 15 heteroatoms. The average molecular weight is 782 g/mol. The second-order valence-corrected chi connectivity index (χ2v) is 12.9. The number of nitrogens with zero attached hydrogens (tertiary/aromatic N) is 3. The maximum atomic E-state index is 13.3. The Kier molecular flexibility index (Phi) is 16.1. The molecule has 0 aliphatic carbocycles. The fourth-order valence-electron chi connectivity index (χ4n) is 5.69. The molecule has 0 saturated carbocycles. The minimum atomic E-state index is -4.35. The molecule has 2 aliphatic heterocycles. The highest BCUT2D eigenvalue weighted by molar-refractivity contribution is 7.99. The van der Waals surface area contributed by atoms with E-state index in [0.717, 1.165) is 54.6 Å². The van der Waals surface area contributed by atoms with Crippen LogP contribution in [-0.2, 0) is 11.0 Å². The van der Waals surface area contributed by atoms with Crippen molar-refractivity contribution in [3.8, 4) is 11.5 Å². The SMILES string of the molecule is CC(=O)Nc1ccc(OC(=O)c2ccccc2O)cc1.Cl.Cl.OCCN1CCN(CCCN2c3ccccc3Sc3ccc(C(F)(F)F)cc32)CC1. The van der Waals surface area contributed by atoms with E-state index >= 15 is 0 Å². The number of anilines is 3. The number of carbonyl (C=O) groups excluding carboxylic acids is 2. The van der Waals surface area contributed by atoms with E-state index in [-0.39, 0.29) is 48.6 Å². The summed E-state index contributed by atoms with van der Waals surface area (Å²) >= 11 is 1.53. The number of β-amino-alcohol motifs (C(OH)–C–C–N with tert-alkyl or cyclic N) is 1. The largest absolute Gasteiger partial charge is 0.507 e. The quantitative estimate of drug-likeness (QED) is 0.116. The highest BCUT2D eigenvalue weighted by atomic mass is 35.5. The number of para-hydroxylation sites is 2. The molecule has 4 aromatic rings. The number of carbonyl (C=O) groups is 2. The number of alkyl halides is 3. The van der Waals surface area contributed by atoms with Crippen LogP contribution in [0.25, 0.3) is 0 Å². The van der Waals surface area contributed by atoms with Gasteiger partial charge in [-0.25, -0.2) is 4.79 Å². The van der Waals surface area contributed by atoms with Gasteiger partial charge in [0.05, 0.1) is 23.5 Å². The third-order valence-corrected chi connectivity index (χ3v) is 9.33. The van der Waals surface area contributed by atoms with Gasteiger partial charge in [-0.2, -0.15) is 13.2 Å². The van der Waals surface area contributed by atoms with Crippen LogP contribution < -0.4 is 15.0 Å². The van der Waals surface area contributed by atoms with Gasteiger partial charge in [-0.15, -0.1) is 24.8 Å². The van der Waals surface area contributed by atoms with Crippen LogP contribution in [0.5, 0.6) is 11.5 Å². The van der Waals surface area contributed by atoms with Crippen LogP contribution in [0.15, 0.2) is 101 Å². The first-order chi connectivity index (χ1) is 24.0. The van der Waals surface area contributed by atoms with E-state index in [0.29, 0.717) is 30.2 Å². The van der Waals surface area contributed by atoms with E-state index in [9.17, 15) is 27.9 Å². The highest BCUT2D eigenvalue weighted by Gasteiger charge is 2.33. The molecule has 0 spiro atoms. The van der Waals surface area contributed by atoms with Crippen LogP contribution in [0.1, 0.15) is 29.3 Å². The standard InChI is InChI=1S/C22H26F3N3OS.C15H13NO4.2ClH/c23-22(24,25)17-6-7-21-19(16-17)28(18-4-1-2-5-20(18)30-21)9-3-8-26-10-12-27(13-11-26)14-15-29;1-10(17)16-11-6-8-12(9-7-11)20-15(19)13-4-2-3-5-14(13)18;;/h1-2,4-7,16,29H,3,8-15H2;2-9,18H,1H3,(H,16,17);2*1H. The van der Waals surface area contributed by atoms with Crippen LogP contribution in [-0.4, -0.2) is 84.3 Å². The first kappa shape index (κ1) is 42.4. The number of halogens is 5. The molecule has 2 aliphatic rings. The van der Waals surface area contributed by atoms with Crippen molar-refractivity contribution in [2.24, 2.45) is 0 Å². The number of aliphatic hydroxyl groups is 1. The summed E-state index contributed by atoms with van der Waals surface area (Å²) in [7, 11) is 0. The fraction of sp³-hybridized carbons (Fsp3) is 0.297. The number of phenols is 1. The molecule has 1 amide bonds. The average Bonchev–Trinajstić information content (AvgIpc) is 3.09. The Hall–Kier alpha value is -3.98. The minimum Gasteiger partial charge on any atom is -0.507 e. The summed E-state index contributed by atoms with van der Waals surface area (Å²) in [4.78, 5) is 31.3. The Morgan fingerprint density at radius 3 is 2.06 bits per heavy atom. The van der Waals surface area contributed by atoms with Crippen LogP contribution in [0.3, 0.4) is 0 Å². The number of phenolic OH excluding ortho intramolecular Hbond substituents is 1. The smallest absolute Gasteiger partial charge is 0.416 e. The van der Waals surface area contributed by atoms with Crippen LogP contribution in [0, 0.1) is 0 Å². The van der Waals surface area contributed by atoms with Crippen LogP contribution in [0.4, 0.5) is 30.2 Å². The molecule has 0 bridgehead atoms. The first-order valence-corrected chi connectivity index (χ1v) is 17.0. The molecule has 0 unspecified atom stereocenters. The van der Waals surface area contributed by atoms with Crippen molar-refractivity contribution in [2.75, 3.05) is 62.6 Å². The number of hydrogen-bond donors (Lipinski definition) is 3. The third kappa shape index (κ3) is 11.5. The van der Waals surface area contributed by atoms with Crippen molar-refractivity contribution in [1.29, 1.82) is 0 Å². The Labute approximate surface area is 317 Å². The summed E-state index contributed by atoms with van der Waals surface area (Å²) in [5.41, 5.74) is 1.72. The maximum Gasteiger partial charge on any atom is 0.416 e. The number of nitrogens with one attached hydrogen (secondary N) is 1. The predicted octanol–water partition coefficient (Wildman–Crippen LogP) is 7.72. The summed E-state index contributed by atoms with van der Waals surface area (Å²) in [5, 5.41) is 21.2. The second kappa shape index (κ2) is 19.7. The van der Waals surface area contributed by atoms with Gasteiger partial charge in [-0.1, -0.05) is 36.0 Å². The Bertz CT molecular complexity index is 1780. The van der Waals surface area contributed by atoms with Crippen molar-refractivity contribution < 1.29 is 37.7 Å². The normalized spacial score (nSPS) is 14.0. The first-order valence-electron chi connectivity index (χ1n) is 16.2. The van der Waals surface area contributed by atoms with Crippen molar-refractivity contribution >= 4 is 65.5 Å². The second-order valence-electron chi connectivity index (χ2n) is 11.8. The molecule has 0 aromatic heterocycles. The number of aliphatic hydroxyl groups excluding tert-OH is 1. The van der Waals surface area contributed by atoms with Crippen molar-refractivity contribution in [1.82, 2.24) is 9.80 Å². The number of piperazine rings is 1. The van der Waals surface area contributed by atoms with Crippen LogP contribution >= 0.6 is 36.6 Å². The molecule has 1 saturated heterocycles. The molecule has 0 atom stereocenters. The summed E-state index contributed by atoms with van der Waals surface area (Å²) in [6, 6.07) is 24.5. The molecular formula is C37H41Cl2F3N4O5S. The van der Waals surface area contributed by atoms with Gasteiger partial charge in [0.1, 0.15) is 17.1 Å². The Morgan fingerprint density at radius 2 is 1.42 bits per heavy atom. The van der Waals surface area contributed by atoms with Crippen LogP contribution in [0.2, 0.25) is 0 Å². The van der Waals surface area contributed by atoms with E-state index in [1.54, 1.807) is 42.5 Å². The maximum absolute atomic E-state index is 13.3. The number of hydrogen-bond acceptors (Lipinski definition) is 9. The van der Waals surface area contributed by atoms with Gasteiger partial charge in [0.25, 0.3) is 0 Å². The zero-order chi connectivity index (χ0) is 35.7. The van der Waals surface area contributed by atoms with Gasteiger partial charge in [0.15, 0.2) is 0 Å². The van der Waals surface area contributed by atoms with E-state index in [2.05, 4.69) is 15.1 Å². The zero-order valence-electron chi connectivity index (χ0n) is 28.3. The molecular weight excluding hydrogens is 740 g/mol. The molecule has 280 valence electrons. The lowest BCUT2D eigenvalue weighted by Gasteiger charge is -2.36. The number of fused-ring (bicyclic) bond motifs is 2. The van der Waals surface area contributed by atoms with Crippen molar-refractivity contribution in [3.63, 3.8) is 0 Å². The lowest BCUT2D eigenvalue weighted by molar-refractivity contribution is -0.137. The van der Waals surface area contributed by atoms with E-state index < -0.39 is 17.7 Å². The van der Waals surface area contributed by atoms with E-state index in [4.69, 9.17) is 9.84 Å². The minimum absolute atomic E-state index is 0.